The van der Waals surface area contributed by atoms with E-state index in [0.717, 1.165) is 15.2 Å². The highest BCUT2D eigenvalue weighted by atomic mass is 79.9. The van der Waals surface area contributed by atoms with Crippen LogP contribution >= 0.6 is 15.9 Å². The van der Waals surface area contributed by atoms with Gasteiger partial charge in [-0.2, -0.15) is 0 Å². The standard InChI is InChI=1S/C16H11BrN2O/c17-11-4-5-15(18)13(8-11)16(20)12-3-1-2-10-6-7-19-9-14(10)12/h1-9H,18H2. The van der Waals surface area contributed by atoms with Crippen LogP contribution in [-0.2, 0) is 0 Å². The first-order chi connectivity index (χ1) is 9.66. The van der Waals surface area contributed by atoms with Crippen LogP contribution in [0.4, 0.5) is 5.69 Å². The number of nitrogens with two attached hydrogens (primary N) is 1. The number of anilines is 1. The number of hydrogen-bond acceptors (Lipinski definition) is 3. The number of halogens is 1. The fourth-order valence-electron chi connectivity index (χ4n) is 2.18. The predicted molar refractivity (Wildman–Crippen MR) is 83.7 cm³/mol. The fourth-order valence-corrected chi connectivity index (χ4v) is 2.54. The monoisotopic (exact) mass is 326 g/mol. The van der Waals surface area contributed by atoms with Crippen molar-refractivity contribution in [1.29, 1.82) is 0 Å². The van der Waals surface area contributed by atoms with Gasteiger partial charge in [0.15, 0.2) is 5.78 Å². The Labute approximate surface area is 124 Å². The number of carbonyl (C=O) groups is 1. The SMILES string of the molecule is Nc1ccc(Br)cc1C(=O)c1cccc2ccncc12. The lowest BCUT2D eigenvalue weighted by atomic mass is 9.97. The summed E-state index contributed by atoms with van der Waals surface area (Å²) in [4.78, 5) is 16.8. The van der Waals surface area contributed by atoms with Crippen LogP contribution in [0.25, 0.3) is 10.8 Å². The molecule has 0 amide bonds. The number of nitrogen functional groups attached to an aromatic ring is 1. The lowest BCUT2D eigenvalue weighted by Crippen LogP contribution is -2.06. The average molecular weight is 327 g/mol. The number of hydrogen-bond donors (Lipinski definition) is 1. The van der Waals surface area contributed by atoms with Crippen LogP contribution < -0.4 is 5.73 Å². The maximum atomic E-state index is 12.7. The predicted octanol–water partition coefficient (Wildman–Crippen LogP) is 3.81. The lowest BCUT2D eigenvalue weighted by molar-refractivity contribution is 0.104. The van der Waals surface area contributed by atoms with Gasteiger partial charge in [0.05, 0.1) is 0 Å². The minimum atomic E-state index is -0.0950. The molecule has 0 aliphatic rings. The zero-order valence-corrected chi connectivity index (χ0v) is 12.1. The van der Waals surface area contributed by atoms with Crippen molar-refractivity contribution in [3.63, 3.8) is 0 Å². The molecule has 4 heteroatoms. The number of carbonyl (C=O) groups excluding carboxylic acids is 1. The van der Waals surface area contributed by atoms with Gasteiger partial charge in [-0.1, -0.05) is 34.1 Å². The van der Waals surface area contributed by atoms with Crippen LogP contribution in [0.3, 0.4) is 0 Å². The van der Waals surface area contributed by atoms with E-state index >= 15 is 0 Å². The Morgan fingerprint density at radius 2 is 1.95 bits per heavy atom. The minimum absolute atomic E-state index is 0.0950. The summed E-state index contributed by atoms with van der Waals surface area (Å²) in [7, 11) is 0. The molecule has 2 N–H and O–H groups in total. The summed E-state index contributed by atoms with van der Waals surface area (Å²) in [5.41, 5.74) is 7.49. The van der Waals surface area contributed by atoms with Gasteiger partial charge < -0.3 is 5.73 Å². The van der Waals surface area contributed by atoms with Gasteiger partial charge in [0, 0.05) is 39.1 Å². The lowest BCUT2D eigenvalue weighted by Gasteiger charge is -2.08. The third-order valence-electron chi connectivity index (χ3n) is 3.19. The molecular weight excluding hydrogens is 316 g/mol. The van der Waals surface area contributed by atoms with Crippen molar-refractivity contribution >= 4 is 38.2 Å². The second kappa shape index (κ2) is 5.06. The van der Waals surface area contributed by atoms with E-state index in [4.69, 9.17) is 5.73 Å². The van der Waals surface area contributed by atoms with Crippen LogP contribution in [-0.4, -0.2) is 10.8 Å². The number of rotatable bonds is 2. The zero-order valence-electron chi connectivity index (χ0n) is 10.5. The Balaban J connectivity index is 2.20. The van der Waals surface area contributed by atoms with E-state index in [1.807, 2.05) is 24.3 Å². The maximum absolute atomic E-state index is 12.7. The van der Waals surface area contributed by atoms with Gasteiger partial charge in [0.25, 0.3) is 0 Å². The number of benzene rings is 2. The minimum Gasteiger partial charge on any atom is -0.398 e. The first kappa shape index (κ1) is 12.8. The molecule has 0 radical (unpaired) electrons. The molecule has 0 saturated heterocycles. The number of nitrogens with zero attached hydrogens (tertiary/aromatic N) is 1. The topological polar surface area (TPSA) is 56.0 Å². The summed E-state index contributed by atoms with van der Waals surface area (Å²) < 4.78 is 0.827. The Morgan fingerprint density at radius 3 is 2.80 bits per heavy atom. The van der Waals surface area contributed by atoms with E-state index in [2.05, 4.69) is 20.9 Å². The first-order valence-corrected chi connectivity index (χ1v) is 6.88. The van der Waals surface area contributed by atoms with E-state index in [1.54, 1.807) is 30.6 Å². The van der Waals surface area contributed by atoms with Gasteiger partial charge >= 0.3 is 0 Å². The number of fused-ring (bicyclic) bond motifs is 1. The van der Waals surface area contributed by atoms with Crippen LogP contribution in [0.5, 0.6) is 0 Å². The van der Waals surface area contributed by atoms with E-state index in [9.17, 15) is 4.79 Å². The molecule has 3 rings (SSSR count). The molecular formula is C16H11BrN2O. The molecule has 0 aliphatic heterocycles. The van der Waals surface area contributed by atoms with Gasteiger partial charge in [-0.15, -0.1) is 0 Å². The van der Waals surface area contributed by atoms with Crippen molar-refractivity contribution < 1.29 is 4.79 Å². The quantitative estimate of drug-likeness (QED) is 0.575. The molecule has 0 spiro atoms. The van der Waals surface area contributed by atoms with Crippen LogP contribution in [0, 0.1) is 0 Å². The summed E-state index contributed by atoms with van der Waals surface area (Å²) in [6.07, 6.45) is 3.42. The summed E-state index contributed by atoms with van der Waals surface area (Å²) in [5, 5.41) is 1.82. The number of aromatic nitrogens is 1. The summed E-state index contributed by atoms with van der Waals surface area (Å²) in [6.45, 7) is 0. The molecule has 2 aromatic carbocycles. The number of ketones is 1. The Morgan fingerprint density at radius 1 is 1.10 bits per heavy atom. The summed E-state index contributed by atoms with van der Waals surface area (Å²) in [6, 6.07) is 12.8. The molecule has 0 aliphatic carbocycles. The van der Waals surface area contributed by atoms with Crippen molar-refractivity contribution in [2.24, 2.45) is 0 Å². The maximum Gasteiger partial charge on any atom is 0.195 e. The van der Waals surface area contributed by atoms with Gasteiger partial charge in [-0.05, 0) is 29.7 Å². The second-order valence-electron chi connectivity index (χ2n) is 4.46. The van der Waals surface area contributed by atoms with Crippen molar-refractivity contribution in [2.45, 2.75) is 0 Å². The van der Waals surface area contributed by atoms with Gasteiger partial charge in [0.2, 0.25) is 0 Å². The van der Waals surface area contributed by atoms with Crippen LogP contribution in [0.15, 0.2) is 59.3 Å². The normalized spacial score (nSPS) is 10.7. The Hall–Kier alpha value is -2.20. The largest absolute Gasteiger partial charge is 0.398 e. The Kier molecular flexibility index (Phi) is 3.24. The smallest absolute Gasteiger partial charge is 0.195 e. The molecule has 0 unspecified atom stereocenters. The molecule has 0 saturated carbocycles. The molecule has 1 aromatic heterocycles. The Bertz CT molecular complexity index is 809. The third kappa shape index (κ3) is 2.18. The summed E-state index contributed by atoms with van der Waals surface area (Å²) >= 11 is 3.37. The van der Waals surface area contributed by atoms with E-state index in [-0.39, 0.29) is 5.78 Å². The van der Waals surface area contributed by atoms with Gasteiger partial charge in [-0.3, -0.25) is 9.78 Å². The molecule has 1 heterocycles. The number of pyridine rings is 1. The van der Waals surface area contributed by atoms with E-state index in [1.165, 1.54) is 0 Å². The molecule has 0 bridgehead atoms. The zero-order chi connectivity index (χ0) is 14.1. The third-order valence-corrected chi connectivity index (χ3v) is 3.68. The highest BCUT2D eigenvalue weighted by molar-refractivity contribution is 9.10. The van der Waals surface area contributed by atoms with Crippen molar-refractivity contribution in [1.82, 2.24) is 4.98 Å². The fraction of sp³-hybridized carbons (Fsp3) is 0. The second-order valence-corrected chi connectivity index (χ2v) is 5.38. The van der Waals surface area contributed by atoms with Crippen LogP contribution in [0.2, 0.25) is 0 Å². The van der Waals surface area contributed by atoms with Crippen molar-refractivity contribution in [3.8, 4) is 0 Å². The molecule has 3 aromatic rings. The summed E-state index contributed by atoms with van der Waals surface area (Å²) in [5.74, 6) is -0.0950. The molecule has 3 nitrogen and oxygen atoms in total. The van der Waals surface area contributed by atoms with Crippen molar-refractivity contribution in [2.75, 3.05) is 5.73 Å². The highest BCUT2D eigenvalue weighted by Crippen LogP contribution is 2.25. The molecule has 0 atom stereocenters. The highest BCUT2D eigenvalue weighted by Gasteiger charge is 2.15. The molecule has 98 valence electrons. The van der Waals surface area contributed by atoms with Gasteiger partial charge in [-0.25, -0.2) is 0 Å². The van der Waals surface area contributed by atoms with E-state index < -0.39 is 0 Å². The van der Waals surface area contributed by atoms with Gasteiger partial charge in [0.1, 0.15) is 0 Å². The average Bonchev–Trinajstić information content (AvgIpc) is 2.48. The van der Waals surface area contributed by atoms with Crippen molar-refractivity contribution in [3.05, 3.63) is 70.5 Å². The van der Waals surface area contributed by atoms with Crippen LogP contribution in [0.1, 0.15) is 15.9 Å². The first-order valence-electron chi connectivity index (χ1n) is 6.09. The van der Waals surface area contributed by atoms with E-state index in [0.29, 0.717) is 16.8 Å². The molecule has 20 heavy (non-hydrogen) atoms. The molecule has 0 fully saturated rings.